The van der Waals surface area contributed by atoms with Crippen LogP contribution in [-0.4, -0.2) is 28.0 Å². The lowest BCUT2D eigenvalue weighted by Gasteiger charge is -2.20. The third kappa shape index (κ3) is 4.41. The number of hydrogen-bond donors (Lipinski definition) is 2. The van der Waals surface area contributed by atoms with Gasteiger partial charge >= 0.3 is 6.18 Å². The van der Waals surface area contributed by atoms with Crippen LogP contribution >= 0.6 is 0 Å². The molecule has 0 aromatic heterocycles. The third-order valence-electron chi connectivity index (χ3n) is 5.40. The van der Waals surface area contributed by atoms with E-state index in [1.54, 1.807) is 30.3 Å². The Hall–Kier alpha value is -2.73. The summed E-state index contributed by atoms with van der Waals surface area (Å²) in [6.07, 6.45) is -6.13. The van der Waals surface area contributed by atoms with Crippen molar-refractivity contribution in [3.05, 3.63) is 89.5 Å². The zero-order valence-electron chi connectivity index (χ0n) is 16.8. The molecule has 0 unspecified atom stereocenters. The maximum atomic E-state index is 13.7. The minimum absolute atomic E-state index is 0.123. The summed E-state index contributed by atoms with van der Waals surface area (Å²) >= 11 is 0. The van der Waals surface area contributed by atoms with E-state index >= 15 is 0 Å². The maximum absolute atomic E-state index is 13.7. The van der Waals surface area contributed by atoms with Crippen molar-refractivity contribution < 1.29 is 35.1 Å². The van der Waals surface area contributed by atoms with Crippen molar-refractivity contribution in [2.24, 2.45) is 0 Å². The number of hydrogen-bond acceptors (Lipinski definition) is 5. The monoisotopic (exact) mass is 497 g/mol. The molecule has 11 heteroatoms. The lowest BCUT2D eigenvalue weighted by molar-refractivity contribution is -0.139. The van der Waals surface area contributed by atoms with Crippen molar-refractivity contribution in [1.82, 2.24) is 4.72 Å². The second-order valence-electron chi connectivity index (χ2n) is 7.54. The molecule has 0 heterocycles. The van der Waals surface area contributed by atoms with Crippen LogP contribution in [0.3, 0.4) is 0 Å². The SMILES string of the molecule is O=S(=O)(N[C@H]1c2ccccc2C[C@H]1O)c1cc(S(=O)(=O)c2ccccc2)ccc1C(F)(F)F. The van der Waals surface area contributed by atoms with E-state index in [-0.39, 0.29) is 11.3 Å². The van der Waals surface area contributed by atoms with E-state index in [0.717, 1.165) is 6.07 Å². The van der Waals surface area contributed by atoms with E-state index in [4.69, 9.17) is 0 Å². The molecule has 0 fully saturated rings. The smallest absolute Gasteiger partial charge is 0.391 e. The summed E-state index contributed by atoms with van der Waals surface area (Å²) in [7, 11) is -9.17. The zero-order valence-corrected chi connectivity index (χ0v) is 18.5. The molecule has 0 aliphatic heterocycles. The molecular weight excluding hydrogens is 479 g/mol. The quantitative estimate of drug-likeness (QED) is 0.562. The average Bonchev–Trinajstić information content (AvgIpc) is 3.08. The van der Waals surface area contributed by atoms with E-state index in [9.17, 15) is 35.1 Å². The molecule has 0 bridgehead atoms. The lowest BCUT2D eigenvalue weighted by atomic mass is 10.1. The number of alkyl halides is 3. The molecule has 0 radical (unpaired) electrons. The number of aliphatic hydroxyl groups excluding tert-OH is 1. The van der Waals surface area contributed by atoms with Crippen LogP contribution in [0.15, 0.2) is 87.5 Å². The molecule has 0 amide bonds. The zero-order chi connectivity index (χ0) is 24.0. The van der Waals surface area contributed by atoms with Gasteiger partial charge in [-0.05, 0) is 41.5 Å². The molecule has 0 spiro atoms. The third-order valence-corrected chi connectivity index (χ3v) is 8.65. The van der Waals surface area contributed by atoms with Crippen molar-refractivity contribution in [3.8, 4) is 0 Å². The lowest BCUT2D eigenvalue weighted by Crippen LogP contribution is -2.35. The Morgan fingerprint density at radius 2 is 1.48 bits per heavy atom. The van der Waals surface area contributed by atoms with E-state index in [1.807, 2.05) is 0 Å². The Bertz CT molecular complexity index is 1410. The summed E-state index contributed by atoms with van der Waals surface area (Å²) in [4.78, 5) is -2.03. The predicted octanol–water partition coefficient (Wildman–Crippen LogP) is 3.47. The molecule has 1 aliphatic carbocycles. The maximum Gasteiger partial charge on any atom is 0.417 e. The highest BCUT2D eigenvalue weighted by molar-refractivity contribution is 7.91. The first kappa shape index (κ1) is 23.4. The fraction of sp³-hybridized carbons (Fsp3) is 0.182. The summed E-state index contributed by atoms with van der Waals surface area (Å²) in [5.74, 6) is 0. The van der Waals surface area contributed by atoms with Gasteiger partial charge < -0.3 is 5.11 Å². The number of halogens is 3. The normalized spacial score (nSPS) is 18.8. The highest BCUT2D eigenvalue weighted by atomic mass is 32.2. The summed E-state index contributed by atoms with van der Waals surface area (Å²) in [6.45, 7) is 0. The first-order valence-electron chi connectivity index (χ1n) is 9.71. The minimum Gasteiger partial charge on any atom is -0.391 e. The molecule has 0 saturated heterocycles. The van der Waals surface area contributed by atoms with E-state index in [1.165, 1.54) is 24.3 Å². The molecule has 2 atom stereocenters. The Labute approximate surface area is 188 Å². The molecular formula is C22H18F3NO5S2. The van der Waals surface area contributed by atoms with Gasteiger partial charge in [-0.1, -0.05) is 42.5 Å². The van der Waals surface area contributed by atoms with Crippen molar-refractivity contribution in [2.45, 2.75) is 39.4 Å². The molecule has 174 valence electrons. The number of nitrogens with one attached hydrogen (secondary N) is 1. The van der Waals surface area contributed by atoms with Crippen molar-refractivity contribution >= 4 is 19.9 Å². The Morgan fingerprint density at radius 3 is 2.15 bits per heavy atom. The van der Waals surface area contributed by atoms with Crippen LogP contribution in [-0.2, 0) is 32.5 Å². The first-order chi connectivity index (χ1) is 15.4. The van der Waals surface area contributed by atoms with Gasteiger partial charge in [0.15, 0.2) is 0 Å². The van der Waals surface area contributed by atoms with Crippen LogP contribution in [0, 0.1) is 0 Å². The van der Waals surface area contributed by atoms with Crippen molar-refractivity contribution in [3.63, 3.8) is 0 Å². The number of benzene rings is 3. The number of fused-ring (bicyclic) bond motifs is 1. The van der Waals surface area contributed by atoms with Gasteiger partial charge in [0.25, 0.3) is 0 Å². The second kappa shape index (κ2) is 8.24. The number of sulfone groups is 1. The summed E-state index contributed by atoms with van der Waals surface area (Å²) in [6, 6.07) is 14.0. The van der Waals surface area contributed by atoms with Crippen LogP contribution in [0.1, 0.15) is 22.7 Å². The second-order valence-corrected chi connectivity index (χ2v) is 11.2. The summed E-state index contributed by atoms with van der Waals surface area (Å²) < 4.78 is 95.2. The minimum atomic E-state index is -5.06. The molecule has 3 aromatic rings. The Kier molecular flexibility index (Phi) is 5.85. The average molecular weight is 498 g/mol. The fourth-order valence-corrected chi connectivity index (χ4v) is 6.69. The van der Waals surface area contributed by atoms with Gasteiger partial charge in [0.2, 0.25) is 19.9 Å². The summed E-state index contributed by atoms with van der Waals surface area (Å²) in [5, 5.41) is 10.3. The van der Waals surface area contributed by atoms with Crippen LogP contribution in [0.4, 0.5) is 13.2 Å². The van der Waals surface area contributed by atoms with Crippen LogP contribution in [0.2, 0.25) is 0 Å². The highest BCUT2D eigenvalue weighted by Crippen LogP contribution is 2.38. The fourth-order valence-electron chi connectivity index (χ4n) is 3.81. The van der Waals surface area contributed by atoms with Gasteiger partial charge in [-0.25, -0.2) is 21.6 Å². The molecule has 4 rings (SSSR count). The standard InChI is InChI=1S/C22H18F3NO5S2/c23-22(24,25)18-11-10-16(32(28,29)15-7-2-1-3-8-15)13-20(18)33(30,31)26-21-17-9-5-4-6-14(17)12-19(21)27/h1-11,13,19,21,26-27H,12H2/t19-,21+/m1/s1. The molecule has 0 saturated carbocycles. The van der Waals surface area contributed by atoms with Crippen LogP contribution in [0.5, 0.6) is 0 Å². The Morgan fingerprint density at radius 1 is 0.848 bits per heavy atom. The number of aliphatic hydroxyl groups is 1. The molecule has 1 aliphatic rings. The largest absolute Gasteiger partial charge is 0.417 e. The highest BCUT2D eigenvalue weighted by Gasteiger charge is 2.41. The molecule has 6 nitrogen and oxygen atoms in total. The predicted molar refractivity (Wildman–Crippen MR) is 113 cm³/mol. The van der Waals surface area contributed by atoms with Crippen LogP contribution < -0.4 is 4.72 Å². The molecule has 3 aromatic carbocycles. The first-order valence-corrected chi connectivity index (χ1v) is 12.7. The molecule has 33 heavy (non-hydrogen) atoms. The van der Waals surface area contributed by atoms with Crippen molar-refractivity contribution in [1.29, 1.82) is 0 Å². The van der Waals surface area contributed by atoms with E-state index in [2.05, 4.69) is 4.72 Å². The van der Waals surface area contributed by atoms with Gasteiger partial charge in [-0.2, -0.15) is 13.2 Å². The van der Waals surface area contributed by atoms with Gasteiger partial charge in [0, 0.05) is 6.42 Å². The summed E-state index contributed by atoms with van der Waals surface area (Å²) in [5.41, 5.74) is -0.410. The number of rotatable bonds is 5. The van der Waals surface area contributed by atoms with Gasteiger partial charge in [0.05, 0.1) is 32.4 Å². The number of sulfonamides is 1. The van der Waals surface area contributed by atoms with Gasteiger partial charge in [0.1, 0.15) is 0 Å². The molecule has 2 N–H and O–H groups in total. The van der Waals surface area contributed by atoms with E-state index in [0.29, 0.717) is 23.3 Å². The Balaban J connectivity index is 1.82. The van der Waals surface area contributed by atoms with Crippen LogP contribution in [0.25, 0.3) is 0 Å². The topological polar surface area (TPSA) is 101 Å². The van der Waals surface area contributed by atoms with Crippen molar-refractivity contribution in [2.75, 3.05) is 0 Å². The van der Waals surface area contributed by atoms with Gasteiger partial charge in [-0.3, -0.25) is 0 Å². The van der Waals surface area contributed by atoms with Gasteiger partial charge in [-0.15, -0.1) is 0 Å². The van der Waals surface area contributed by atoms with E-state index < -0.39 is 53.5 Å².